The number of hydrogen-bond donors (Lipinski definition) is 1. The summed E-state index contributed by atoms with van der Waals surface area (Å²) in [4.78, 5) is 24.0. The highest BCUT2D eigenvalue weighted by Crippen LogP contribution is 2.07. The monoisotopic (exact) mass is 297 g/mol. The third-order valence-corrected chi connectivity index (χ3v) is 3.39. The van der Waals surface area contributed by atoms with Gasteiger partial charge in [-0.2, -0.15) is 0 Å². The van der Waals surface area contributed by atoms with Crippen molar-refractivity contribution in [2.75, 3.05) is 7.11 Å². The predicted octanol–water partition coefficient (Wildman–Crippen LogP) is 2.59. The number of esters is 1. The van der Waals surface area contributed by atoms with E-state index in [1.807, 2.05) is 36.4 Å². The van der Waals surface area contributed by atoms with E-state index in [1.54, 1.807) is 24.3 Å². The number of nitrogens with one attached hydrogen (secondary N) is 1. The molecule has 22 heavy (non-hydrogen) atoms. The average Bonchev–Trinajstić information content (AvgIpc) is 2.59. The van der Waals surface area contributed by atoms with Gasteiger partial charge in [-0.25, -0.2) is 4.79 Å². The van der Waals surface area contributed by atoms with Crippen LogP contribution in [-0.2, 0) is 16.0 Å². The number of hydrogen-bond acceptors (Lipinski definition) is 3. The first kappa shape index (κ1) is 15.8. The van der Waals surface area contributed by atoms with Gasteiger partial charge in [0.25, 0.3) is 5.91 Å². The van der Waals surface area contributed by atoms with Crippen LogP contribution in [0.4, 0.5) is 0 Å². The molecule has 0 saturated carbocycles. The zero-order valence-electron chi connectivity index (χ0n) is 12.5. The van der Waals surface area contributed by atoms with Gasteiger partial charge in [0.2, 0.25) is 0 Å². The normalized spacial score (nSPS) is 11.5. The largest absolute Gasteiger partial charge is 0.467 e. The van der Waals surface area contributed by atoms with Crippen LogP contribution in [0.1, 0.15) is 22.3 Å². The molecular weight excluding hydrogens is 278 g/mol. The Bertz CT molecular complexity index is 611. The predicted molar refractivity (Wildman–Crippen MR) is 84.5 cm³/mol. The fraction of sp³-hybridized carbons (Fsp3) is 0.222. The van der Waals surface area contributed by atoms with Crippen LogP contribution in [0.5, 0.6) is 0 Å². The van der Waals surface area contributed by atoms with Gasteiger partial charge in [-0.1, -0.05) is 48.5 Å². The van der Waals surface area contributed by atoms with E-state index in [-0.39, 0.29) is 5.91 Å². The third-order valence-electron chi connectivity index (χ3n) is 3.39. The Morgan fingerprint density at radius 1 is 1.00 bits per heavy atom. The highest BCUT2D eigenvalue weighted by atomic mass is 16.5. The molecule has 4 heteroatoms. The summed E-state index contributed by atoms with van der Waals surface area (Å²) in [6.45, 7) is 0. The molecule has 0 radical (unpaired) electrons. The van der Waals surface area contributed by atoms with Crippen molar-refractivity contribution in [3.63, 3.8) is 0 Å². The van der Waals surface area contributed by atoms with E-state index in [1.165, 1.54) is 7.11 Å². The maximum absolute atomic E-state index is 12.2. The zero-order valence-corrected chi connectivity index (χ0v) is 12.5. The average molecular weight is 297 g/mol. The van der Waals surface area contributed by atoms with E-state index < -0.39 is 12.0 Å². The molecule has 4 nitrogen and oxygen atoms in total. The Morgan fingerprint density at radius 2 is 1.59 bits per heavy atom. The van der Waals surface area contributed by atoms with Gasteiger partial charge < -0.3 is 10.1 Å². The van der Waals surface area contributed by atoms with Gasteiger partial charge in [-0.3, -0.25) is 4.79 Å². The number of amides is 1. The van der Waals surface area contributed by atoms with Crippen LogP contribution >= 0.6 is 0 Å². The quantitative estimate of drug-likeness (QED) is 0.834. The fourth-order valence-electron chi connectivity index (χ4n) is 2.18. The lowest BCUT2D eigenvalue weighted by Crippen LogP contribution is -2.41. The molecule has 0 bridgehead atoms. The molecule has 0 fully saturated rings. The van der Waals surface area contributed by atoms with Crippen LogP contribution in [0, 0.1) is 0 Å². The number of rotatable bonds is 6. The second-order valence-electron chi connectivity index (χ2n) is 4.94. The minimum atomic E-state index is -0.655. The van der Waals surface area contributed by atoms with Gasteiger partial charge in [0.1, 0.15) is 6.04 Å². The van der Waals surface area contributed by atoms with Crippen molar-refractivity contribution in [1.29, 1.82) is 0 Å². The van der Waals surface area contributed by atoms with Crippen LogP contribution < -0.4 is 5.32 Å². The number of aryl methyl sites for hydroxylation is 1. The van der Waals surface area contributed by atoms with Crippen molar-refractivity contribution < 1.29 is 14.3 Å². The summed E-state index contributed by atoms with van der Waals surface area (Å²) < 4.78 is 4.78. The zero-order chi connectivity index (χ0) is 15.8. The Labute approximate surface area is 130 Å². The van der Waals surface area contributed by atoms with Crippen LogP contribution in [0.15, 0.2) is 60.7 Å². The lowest BCUT2D eigenvalue weighted by molar-refractivity contribution is -0.143. The summed E-state index contributed by atoms with van der Waals surface area (Å²) in [6.07, 6.45) is 1.19. The fourth-order valence-corrected chi connectivity index (χ4v) is 2.18. The molecular formula is C18H19NO3. The minimum Gasteiger partial charge on any atom is -0.467 e. The summed E-state index contributed by atoms with van der Waals surface area (Å²) >= 11 is 0. The molecule has 2 aromatic carbocycles. The molecule has 0 unspecified atom stereocenters. The summed E-state index contributed by atoms with van der Waals surface area (Å²) in [6, 6.07) is 18.0. The summed E-state index contributed by atoms with van der Waals surface area (Å²) in [5, 5.41) is 2.74. The minimum absolute atomic E-state index is 0.274. The Hall–Kier alpha value is -2.62. The van der Waals surface area contributed by atoms with Gasteiger partial charge in [0.15, 0.2) is 0 Å². The molecule has 0 aromatic heterocycles. The Balaban J connectivity index is 2.00. The molecule has 1 amide bonds. The molecule has 0 heterocycles. The number of methoxy groups -OCH3 is 1. The first-order chi connectivity index (χ1) is 10.7. The van der Waals surface area contributed by atoms with Crippen molar-refractivity contribution in [3.05, 3.63) is 71.8 Å². The molecule has 0 aliphatic carbocycles. The van der Waals surface area contributed by atoms with E-state index in [4.69, 9.17) is 4.74 Å². The van der Waals surface area contributed by atoms with E-state index in [9.17, 15) is 9.59 Å². The smallest absolute Gasteiger partial charge is 0.328 e. The highest BCUT2D eigenvalue weighted by Gasteiger charge is 2.21. The number of carbonyl (C=O) groups is 2. The van der Waals surface area contributed by atoms with E-state index >= 15 is 0 Å². The summed E-state index contributed by atoms with van der Waals surface area (Å²) in [5.41, 5.74) is 1.64. The molecule has 114 valence electrons. The first-order valence-electron chi connectivity index (χ1n) is 7.18. The Morgan fingerprint density at radius 3 is 2.18 bits per heavy atom. The van der Waals surface area contributed by atoms with E-state index in [0.29, 0.717) is 18.4 Å². The van der Waals surface area contributed by atoms with E-state index in [2.05, 4.69) is 5.32 Å². The highest BCUT2D eigenvalue weighted by molar-refractivity contribution is 5.96. The molecule has 0 aliphatic heterocycles. The summed E-state index contributed by atoms with van der Waals surface area (Å²) in [5.74, 6) is -0.704. The molecule has 1 N–H and O–H groups in total. The van der Waals surface area contributed by atoms with Crippen LogP contribution in [0.2, 0.25) is 0 Å². The van der Waals surface area contributed by atoms with Gasteiger partial charge in [-0.15, -0.1) is 0 Å². The first-order valence-corrected chi connectivity index (χ1v) is 7.18. The van der Waals surface area contributed by atoms with Gasteiger partial charge in [0.05, 0.1) is 7.11 Å². The molecule has 2 aromatic rings. The maximum Gasteiger partial charge on any atom is 0.328 e. The van der Waals surface area contributed by atoms with Crippen LogP contribution in [0.25, 0.3) is 0 Å². The maximum atomic E-state index is 12.2. The van der Waals surface area contributed by atoms with Crippen molar-refractivity contribution in [2.45, 2.75) is 18.9 Å². The van der Waals surface area contributed by atoms with Gasteiger partial charge >= 0.3 is 5.97 Å². The second-order valence-corrected chi connectivity index (χ2v) is 4.94. The van der Waals surface area contributed by atoms with Crippen molar-refractivity contribution in [1.82, 2.24) is 5.32 Å². The van der Waals surface area contributed by atoms with Crippen LogP contribution in [-0.4, -0.2) is 25.0 Å². The second kappa shape index (κ2) is 7.98. The number of carbonyl (C=O) groups excluding carboxylic acids is 2. The van der Waals surface area contributed by atoms with E-state index in [0.717, 1.165) is 5.56 Å². The third kappa shape index (κ3) is 4.45. The van der Waals surface area contributed by atoms with Crippen molar-refractivity contribution in [3.8, 4) is 0 Å². The van der Waals surface area contributed by atoms with Gasteiger partial charge in [0, 0.05) is 5.56 Å². The molecule has 0 saturated heterocycles. The molecule has 0 aliphatic rings. The van der Waals surface area contributed by atoms with Gasteiger partial charge in [-0.05, 0) is 30.5 Å². The number of ether oxygens (including phenoxy) is 1. The standard InChI is InChI=1S/C18H19NO3/c1-22-18(21)16(13-12-14-8-4-2-5-9-14)19-17(20)15-10-6-3-7-11-15/h2-11,16H,12-13H2,1H3,(H,19,20)/t16-/m0/s1. The van der Waals surface area contributed by atoms with Crippen molar-refractivity contribution in [2.24, 2.45) is 0 Å². The Kier molecular flexibility index (Phi) is 5.72. The SMILES string of the molecule is COC(=O)[C@H](CCc1ccccc1)NC(=O)c1ccccc1. The molecule has 0 spiro atoms. The summed E-state index contributed by atoms with van der Waals surface area (Å²) in [7, 11) is 1.33. The lowest BCUT2D eigenvalue weighted by Gasteiger charge is -2.16. The molecule has 1 atom stereocenters. The lowest BCUT2D eigenvalue weighted by atomic mass is 10.0. The van der Waals surface area contributed by atoms with Crippen LogP contribution in [0.3, 0.4) is 0 Å². The van der Waals surface area contributed by atoms with Crippen molar-refractivity contribution >= 4 is 11.9 Å². The number of benzene rings is 2. The topological polar surface area (TPSA) is 55.4 Å². The molecule has 2 rings (SSSR count).